The molecule has 5 nitrogen and oxygen atoms in total. The highest BCUT2D eigenvalue weighted by molar-refractivity contribution is 5.81. The van der Waals surface area contributed by atoms with E-state index >= 15 is 0 Å². The summed E-state index contributed by atoms with van der Waals surface area (Å²) in [6.07, 6.45) is 2.58. The molecule has 0 aromatic heterocycles. The first-order chi connectivity index (χ1) is 8.15. The number of carbonyl (C=O) groups is 1. The van der Waals surface area contributed by atoms with E-state index in [1.54, 1.807) is 7.11 Å². The molecule has 1 amide bonds. The summed E-state index contributed by atoms with van der Waals surface area (Å²) in [6.45, 7) is 4.14. The third-order valence-corrected chi connectivity index (χ3v) is 3.31. The second-order valence-electron chi connectivity index (χ2n) is 4.64. The van der Waals surface area contributed by atoms with Crippen LogP contribution in [0.2, 0.25) is 0 Å². The van der Waals surface area contributed by atoms with Crippen molar-refractivity contribution in [3.63, 3.8) is 0 Å². The van der Waals surface area contributed by atoms with E-state index in [9.17, 15) is 4.79 Å². The molecule has 0 bridgehead atoms. The van der Waals surface area contributed by atoms with Crippen molar-refractivity contribution in [2.75, 3.05) is 26.9 Å². The van der Waals surface area contributed by atoms with E-state index in [1.807, 2.05) is 6.92 Å². The lowest BCUT2D eigenvalue weighted by molar-refractivity contribution is -0.124. The van der Waals surface area contributed by atoms with Crippen molar-refractivity contribution in [3.8, 4) is 0 Å². The minimum atomic E-state index is -0.475. The molecule has 1 saturated heterocycles. The number of hydrogen-bond donors (Lipinski definition) is 2. The Morgan fingerprint density at radius 1 is 1.53 bits per heavy atom. The molecule has 2 atom stereocenters. The summed E-state index contributed by atoms with van der Waals surface area (Å²) < 4.78 is 10.2. The molecule has 1 rings (SSSR count). The van der Waals surface area contributed by atoms with Crippen LogP contribution in [0.3, 0.4) is 0 Å². The van der Waals surface area contributed by atoms with E-state index in [0.29, 0.717) is 18.9 Å². The van der Waals surface area contributed by atoms with Crippen LogP contribution >= 0.6 is 0 Å². The molecule has 0 radical (unpaired) electrons. The Balaban J connectivity index is 2.28. The highest BCUT2D eigenvalue weighted by Gasteiger charge is 2.23. The lowest BCUT2D eigenvalue weighted by Gasteiger charge is -2.29. The Labute approximate surface area is 103 Å². The maximum Gasteiger partial charge on any atom is 0.237 e. The standard InChI is InChI=1S/C12H24N2O3/c1-9(10-3-7-17-8-4-10)14-12(15)11(13)5-6-16-2/h9-11H,3-8,13H2,1-2H3,(H,14,15). The van der Waals surface area contributed by atoms with E-state index in [2.05, 4.69) is 5.32 Å². The largest absolute Gasteiger partial charge is 0.385 e. The number of nitrogens with one attached hydrogen (secondary N) is 1. The molecule has 1 heterocycles. The zero-order chi connectivity index (χ0) is 12.7. The zero-order valence-electron chi connectivity index (χ0n) is 10.8. The summed E-state index contributed by atoms with van der Waals surface area (Å²) in [5.41, 5.74) is 5.76. The number of hydrogen-bond acceptors (Lipinski definition) is 4. The first kappa shape index (κ1) is 14.4. The van der Waals surface area contributed by atoms with Gasteiger partial charge >= 0.3 is 0 Å². The molecule has 0 aromatic carbocycles. The lowest BCUT2D eigenvalue weighted by Crippen LogP contribution is -2.48. The van der Waals surface area contributed by atoms with E-state index < -0.39 is 6.04 Å². The van der Waals surface area contributed by atoms with Gasteiger partial charge in [0.2, 0.25) is 5.91 Å². The Morgan fingerprint density at radius 2 is 2.18 bits per heavy atom. The van der Waals surface area contributed by atoms with Gasteiger partial charge in [0.1, 0.15) is 0 Å². The van der Waals surface area contributed by atoms with Gasteiger partial charge in [0.15, 0.2) is 0 Å². The van der Waals surface area contributed by atoms with Crippen LogP contribution in [0.25, 0.3) is 0 Å². The van der Waals surface area contributed by atoms with Gasteiger partial charge < -0.3 is 20.5 Å². The van der Waals surface area contributed by atoms with Crippen molar-refractivity contribution in [1.82, 2.24) is 5.32 Å². The molecule has 0 spiro atoms. The molecule has 17 heavy (non-hydrogen) atoms. The third-order valence-electron chi connectivity index (χ3n) is 3.31. The van der Waals surface area contributed by atoms with Crippen LogP contribution in [0.15, 0.2) is 0 Å². The van der Waals surface area contributed by atoms with Crippen LogP contribution in [-0.2, 0) is 14.3 Å². The Morgan fingerprint density at radius 3 is 2.76 bits per heavy atom. The summed E-state index contributed by atoms with van der Waals surface area (Å²) in [4.78, 5) is 11.8. The molecule has 1 aliphatic rings. The SMILES string of the molecule is COCCC(N)C(=O)NC(C)C1CCOCC1. The quantitative estimate of drug-likeness (QED) is 0.704. The topological polar surface area (TPSA) is 73.6 Å². The molecular weight excluding hydrogens is 220 g/mol. The van der Waals surface area contributed by atoms with Crippen molar-refractivity contribution in [1.29, 1.82) is 0 Å². The van der Waals surface area contributed by atoms with Crippen molar-refractivity contribution in [2.45, 2.75) is 38.3 Å². The molecule has 0 aromatic rings. The summed E-state index contributed by atoms with van der Waals surface area (Å²) >= 11 is 0. The first-order valence-corrected chi connectivity index (χ1v) is 6.27. The minimum absolute atomic E-state index is 0.0824. The van der Waals surface area contributed by atoms with Crippen molar-refractivity contribution in [2.24, 2.45) is 11.7 Å². The normalized spacial score (nSPS) is 20.9. The predicted molar refractivity (Wildman–Crippen MR) is 65.6 cm³/mol. The van der Waals surface area contributed by atoms with Crippen molar-refractivity contribution in [3.05, 3.63) is 0 Å². The molecule has 5 heteroatoms. The Kier molecular flexibility index (Phi) is 6.47. The van der Waals surface area contributed by atoms with E-state index in [-0.39, 0.29) is 11.9 Å². The highest BCUT2D eigenvalue weighted by Crippen LogP contribution is 2.18. The van der Waals surface area contributed by atoms with Gasteiger partial charge in [-0.15, -0.1) is 0 Å². The van der Waals surface area contributed by atoms with E-state index in [0.717, 1.165) is 26.1 Å². The Hall–Kier alpha value is -0.650. The van der Waals surface area contributed by atoms with Crippen LogP contribution in [0.5, 0.6) is 0 Å². The Bertz CT molecular complexity index is 230. The average Bonchev–Trinajstić information content (AvgIpc) is 2.36. The number of methoxy groups -OCH3 is 1. The zero-order valence-corrected chi connectivity index (χ0v) is 10.8. The van der Waals surface area contributed by atoms with E-state index in [1.165, 1.54) is 0 Å². The summed E-state index contributed by atoms with van der Waals surface area (Å²) in [5.74, 6) is 0.420. The fraction of sp³-hybridized carbons (Fsp3) is 0.917. The van der Waals surface area contributed by atoms with Crippen LogP contribution in [0.4, 0.5) is 0 Å². The monoisotopic (exact) mass is 244 g/mol. The number of ether oxygens (including phenoxy) is 2. The fourth-order valence-electron chi connectivity index (χ4n) is 2.04. The summed E-state index contributed by atoms with van der Waals surface area (Å²) in [7, 11) is 1.61. The van der Waals surface area contributed by atoms with Crippen LogP contribution < -0.4 is 11.1 Å². The number of amides is 1. The second-order valence-corrected chi connectivity index (χ2v) is 4.64. The van der Waals surface area contributed by atoms with Gasteiger partial charge in [0, 0.05) is 33.0 Å². The molecule has 1 aliphatic heterocycles. The predicted octanol–water partition coefficient (Wildman–Crippen LogP) is 0.282. The van der Waals surface area contributed by atoms with Gasteiger partial charge in [-0.1, -0.05) is 0 Å². The summed E-state index contributed by atoms with van der Waals surface area (Å²) in [5, 5.41) is 2.98. The number of rotatable bonds is 6. The molecule has 3 N–H and O–H groups in total. The second kappa shape index (κ2) is 7.63. The van der Waals surface area contributed by atoms with Crippen LogP contribution in [-0.4, -0.2) is 44.9 Å². The van der Waals surface area contributed by atoms with E-state index in [4.69, 9.17) is 15.2 Å². The third kappa shape index (κ3) is 5.02. The highest BCUT2D eigenvalue weighted by atomic mass is 16.5. The maximum atomic E-state index is 11.8. The fourth-order valence-corrected chi connectivity index (χ4v) is 2.04. The number of nitrogens with two attached hydrogens (primary N) is 1. The maximum absolute atomic E-state index is 11.8. The summed E-state index contributed by atoms with van der Waals surface area (Å²) in [6, 6.07) is -0.308. The smallest absolute Gasteiger partial charge is 0.237 e. The molecule has 0 saturated carbocycles. The van der Waals surface area contributed by atoms with Crippen molar-refractivity contribution >= 4 is 5.91 Å². The first-order valence-electron chi connectivity index (χ1n) is 6.27. The lowest BCUT2D eigenvalue weighted by atomic mass is 9.92. The van der Waals surface area contributed by atoms with Gasteiger partial charge in [-0.2, -0.15) is 0 Å². The van der Waals surface area contributed by atoms with Gasteiger partial charge in [0.05, 0.1) is 6.04 Å². The molecular formula is C12H24N2O3. The molecule has 100 valence electrons. The molecule has 2 unspecified atom stereocenters. The molecule has 0 aliphatic carbocycles. The van der Waals surface area contributed by atoms with Gasteiger partial charge in [-0.3, -0.25) is 4.79 Å². The average molecular weight is 244 g/mol. The number of carbonyl (C=O) groups excluding carboxylic acids is 1. The van der Waals surface area contributed by atoms with Gasteiger partial charge in [-0.25, -0.2) is 0 Å². The minimum Gasteiger partial charge on any atom is -0.385 e. The van der Waals surface area contributed by atoms with Gasteiger partial charge in [-0.05, 0) is 32.1 Å². The van der Waals surface area contributed by atoms with Gasteiger partial charge in [0.25, 0.3) is 0 Å². The van der Waals surface area contributed by atoms with Crippen molar-refractivity contribution < 1.29 is 14.3 Å². The van der Waals surface area contributed by atoms with Crippen LogP contribution in [0, 0.1) is 5.92 Å². The van der Waals surface area contributed by atoms with Crippen LogP contribution in [0.1, 0.15) is 26.2 Å². The molecule has 1 fully saturated rings.